The van der Waals surface area contributed by atoms with Gasteiger partial charge in [0, 0.05) is 38.4 Å². The van der Waals surface area contributed by atoms with E-state index in [-0.39, 0.29) is 18.4 Å². The Morgan fingerprint density at radius 3 is 2.70 bits per heavy atom. The Morgan fingerprint density at radius 1 is 1.15 bits per heavy atom. The van der Waals surface area contributed by atoms with E-state index in [1.165, 1.54) is 0 Å². The number of β-amino-alcohol motifs (C(OH)–C–C–N with tert-alkyl or cyclic N) is 1. The number of amides is 1. The second kappa shape index (κ2) is 6.01. The number of piperazine rings is 1. The van der Waals surface area contributed by atoms with Crippen molar-refractivity contribution in [3.8, 4) is 0 Å². The van der Waals surface area contributed by atoms with Gasteiger partial charge in [0.1, 0.15) is 0 Å². The first kappa shape index (κ1) is 13.7. The maximum atomic E-state index is 12.1. The van der Waals surface area contributed by atoms with Crippen molar-refractivity contribution in [3.05, 3.63) is 0 Å². The van der Waals surface area contributed by atoms with E-state index in [2.05, 4.69) is 19.8 Å². The summed E-state index contributed by atoms with van der Waals surface area (Å²) in [6.07, 6.45) is 4.11. The van der Waals surface area contributed by atoms with Gasteiger partial charge in [-0.3, -0.25) is 9.69 Å². The first-order chi connectivity index (χ1) is 9.78. The van der Waals surface area contributed by atoms with Crippen LogP contribution in [-0.4, -0.2) is 71.8 Å². The van der Waals surface area contributed by atoms with E-state index in [9.17, 15) is 4.79 Å². The van der Waals surface area contributed by atoms with Gasteiger partial charge in [0.25, 0.3) is 5.91 Å². The maximum Gasteiger partial charge on any atom is 0.257 e. The minimum absolute atomic E-state index is 0.00230. The van der Waals surface area contributed by atoms with E-state index in [1.807, 2.05) is 0 Å². The number of carbonyl (C=O) groups excluding carboxylic acids is 1. The van der Waals surface area contributed by atoms with Crippen LogP contribution in [0, 0.1) is 5.92 Å². The van der Waals surface area contributed by atoms with Gasteiger partial charge in [-0.05, 0) is 19.3 Å². The Hall–Kier alpha value is -1.27. The van der Waals surface area contributed by atoms with Crippen molar-refractivity contribution in [1.82, 2.24) is 9.80 Å². The van der Waals surface area contributed by atoms with Gasteiger partial charge >= 0.3 is 0 Å². The standard InChI is InChI=1S/C14H22N4O2/c19-10-9-17-5-7-18(8-6-17)14-15-12-4-2-1-3-11(12)13(20)16-14/h11,19H,1-10H2. The van der Waals surface area contributed by atoms with Crippen molar-refractivity contribution < 1.29 is 9.90 Å². The molecule has 2 heterocycles. The van der Waals surface area contributed by atoms with E-state index in [0.717, 1.165) is 64.1 Å². The fourth-order valence-corrected chi connectivity index (χ4v) is 3.18. The third-order valence-corrected chi connectivity index (χ3v) is 4.40. The average molecular weight is 278 g/mol. The SMILES string of the molecule is O=C1N=C(N2CCN(CCO)CC2)N=C2CCCCC12. The number of guanidine groups is 1. The summed E-state index contributed by atoms with van der Waals surface area (Å²) in [5, 5.41) is 8.95. The zero-order valence-electron chi connectivity index (χ0n) is 11.8. The van der Waals surface area contributed by atoms with Crippen LogP contribution in [0.5, 0.6) is 0 Å². The van der Waals surface area contributed by atoms with Crippen molar-refractivity contribution in [1.29, 1.82) is 0 Å². The summed E-state index contributed by atoms with van der Waals surface area (Å²) in [4.78, 5) is 25.3. The highest BCUT2D eigenvalue weighted by atomic mass is 16.3. The van der Waals surface area contributed by atoms with E-state index >= 15 is 0 Å². The van der Waals surface area contributed by atoms with Gasteiger partial charge in [0.15, 0.2) is 0 Å². The van der Waals surface area contributed by atoms with Crippen LogP contribution >= 0.6 is 0 Å². The van der Waals surface area contributed by atoms with Gasteiger partial charge < -0.3 is 10.0 Å². The predicted molar refractivity (Wildman–Crippen MR) is 76.9 cm³/mol. The minimum atomic E-state index is -0.0387. The Kier molecular flexibility index (Phi) is 4.12. The van der Waals surface area contributed by atoms with E-state index in [4.69, 9.17) is 5.11 Å². The third kappa shape index (κ3) is 2.76. The lowest BCUT2D eigenvalue weighted by Gasteiger charge is -2.36. The van der Waals surface area contributed by atoms with Crippen LogP contribution in [0.1, 0.15) is 25.7 Å². The smallest absolute Gasteiger partial charge is 0.257 e. The third-order valence-electron chi connectivity index (χ3n) is 4.40. The van der Waals surface area contributed by atoms with Crippen LogP contribution in [0.15, 0.2) is 9.98 Å². The zero-order chi connectivity index (χ0) is 13.9. The van der Waals surface area contributed by atoms with Crippen LogP contribution in [-0.2, 0) is 4.79 Å². The van der Waals surface area contributed by atoms with Crippen LogP contribution < -0.4 is 0 Å². The molecule has 0 radical (unpaired) electrons. The fraction of sp³-hybridized carbons (Fsp3) is 0.786. The fourth-order valence-electron chi connectivity index (χ4n) is 3.18. The number of aliphatic hydroxyl groups is 1. The first-order valence-corrected chi connectivity index (χ1v) is 7.56. The largest absolute Gasteiger partial charge is 0.395 e. The van der Waals surface area contributed by atoms with Crippen molar-refractivity contribution in [3.63, 3.8) is 0 Å². The summed E-state index contributed by atoms with van der Waals surface area (Å²) in [5.74, 6) is 0.581. The number of aliphatic hydroxyl groups excluding tert-OH is 1. The average Bonchev–Trinajstić information content (AvgIpc) is 2.48. The molecule has 1 saturated heterocycles. The van der Waals surface area contributed by atoms with Crippen molar-refractivity contribution in [2.24, 2.45) is 15.9 Å². The number of hydrogen-bond acceptors (Lipinski definition) is 5. The molecule has 0 spiro atoms. The molecule has 1 N–H and O–H groups in total. The molecule has 6 nitrogen and oxygen atoms in total. The molecule has 1 atom stereocenters. The van der Waals surface area contributed by atoms with E-state index < -0.39 is 0 Å². The van der Waals surface area contributed by atoms with Gasteiger partial charge in [0.05, 0.1) is 12.5 Å². The summed E-state index contributed by atoms with van der Waals surface area (Å²) >= 11 is 0. The number of aliphatic imine (C=N–C) groups is 2. The van der Waals surface area contributed by atoms with Gasteiger partial charge in [-0.25, -0.2) is 4.99 Å². The Morgan fingerprint density at radius 2 is 1.95 bits per heavy atom. The lowest BCUT2D eigenvalue weighted by Crippen LogP contribution is -2.50. The molecule has 20 heavy (non-hydrogen) atoms. The lowest BCUT2D eigenvalue weighted by atomic mass is 9.86. The molecule has 0 aromatic carbocycles. The van der Waals surface area contributed by atoms with Crippen LogP contribution in [0.4, 0.5) is 0 Å². The summed E-state index contributed by atoms with van der Waals surface area (Å²) < 4.78 is 0. The maximum absolute atomic E-state index is 12.1. The van der Waals surface area contributed by atoms with Crippen LogP contribution in [0.3, 0.4) is 0 Å². The van der Waals surface area contributed by atoms with Crippen molar-refractivity contribution >= 4 is 17.6 Å². The number of nitrogens with zero attached hydrogens (tertiary/aromatic N) is 4. The Balaban J connectivity index is 1.66. The summed E-state index contributed by atoms with van der Waals surface area (Å²) in [6, 6.07) is 0. The van der Waals surface area contributed by atoms with Gasteiger partial charge in [-0.15, -0.1) is 0 Å². The van der Waals surface area contributed by atoms with Crippen molar-refractivity contribution in [2.75, 3.05) is 39.3 Å². The molecule has 2 aliphatic heterocycles. The van der Waals surface area contributed by atoms with Crippen LogP contribution in [0.25, 0.3) is 0 Å². The number of rotatable bonds is 2. The molecule has 1 amide bonds. The molecular formula is C14H22N4O2. The number of carbonyl (C=O) groups is 1. The monoisotopic (exact) mass is 278 g/mol. The number of fused-ring (bicyclic) bond motifs is 1. The molecular weight excluding hydrogens is 256 g/mol. The minimum Gasteiger partial charge on any atom is -0.395 e. The Bertz CT molecular complexity index is 438. The molecule has 1 aliphatic carbocycles. The highest BCUT2D eigenvalue weighted by molar-refractivity contribution is 6.15. The first-order valence-electron chi connectivity index (χ1n) is 7.56. The molecule has 1 unspecified atom stereocenters. The lowest BCUT2D eigenvalue weighted by molar-refractivity contribution is -0.120. The molecule has 1 saturated carbocycles. The van der Waals surface area contributed by atoms with Gasteiger partial charge in [-0.2, -0.15) is 4.99 Å². The molecule has 6 heteroatoms. The molecule has 3 aliphatic rings. The Labute approximate surface area is 119 Å². The molecule has 110 valence electrons. The molecule has 0 bridgehead atoms. The topological polar surface area (TPSA) is 68.5 Å². The summed E-state index contributed by atoms with van der Waals surface area (Å²) in [6.45, 7) is 4.35. The van der Waals surface area contributed by atoms with E-state index in [0.29, 0.717) is 5.96 Å². The molecule has 2 fully saturated rings. The zero-order valence-corrected chi connectivity index (χ0v) is 11.8. The summed E-state index contributed by atoms with van der Waals surface area (Å²) in [7, 11) is 0. The van der Waals surface area contributed by atoms with Crippen molar-refractivity contribution in [2.45, 2.75) is 25.7 Å². The predicted octanol–water partition coefficient (Wildman–Crippen LogP) is 0.124. The van der Waals surface area contributed by atoms with E-state index in [1.54, 1.807) is 0 Å². The highest BCUT2D eigenvalue weighted by Gasteiger charge is 2.32. The van der Waals surface area contributed by atoms with Gasteiger partial charge in [0.2, 0.25) is 5.96 Å². The normalized spacial score (nSPS) is 27.9. The molecule has 0 aromatic heterocycles. The quantitative estimate of drug-likeness (QED) is 0.779. The summed E-state index contributed by atoms with van der Waals surface area (Å²) in [5.41, 5.74) is 1.05. The number of hydrogen-bond donors (Lipinski definition) is 1. The molecule has 3 rings (SSSR count). The second-order valence-corrected chi connectivity index (χ2v) is 5.70. The van der Waals surface area contributed by atoms with Crippen LogP contribution in [0.2, 0.25) is 0 Å². The van der Waals surface area contributed by atoms with Gasteiger partial charge in [-0.1, -0.05) is 6.42 Å². The second-order valence-electron chi connectivity index (χ2n) is 5.70. The molecule has 0 aromatic rings. The highest BCUT2D eigenvalue weighted by Crippen LogP contribution is 2.26.